The minimum atomic E-state index is -0.979. The maximum absolute atomic E-state index is 14.8. The molecule has 0 aliphatic rings. The SMILES string of the molecule is COc1ccc(C(CC=O)(c2ccc(Br)cc2)c2ccccc2F)cn1. The molecule has 5 heteroatoms. The monoisotopic (exact) mass is 413 g/mol. The molecule has 0 bridgehead atoms. The topological polar surface area (TPSA) is 39.2 Å². The van der Waals surface area contributed by atoms with Gasteiger partial charge in [-0.15, -0.1) is 0 Å². The first-order chi connectivity index (χ1) is 12.6. The van der Waals surface area contributed by atoms with Crippen LogP contribution in [0.5, 0.6) is 5.88 Å². The first-order valence-electron chi connectivity index (χ1n) is 8.07. The highest BCUT2D eigenvalue weighted by Gasteiger charge is 2.38. The fourth-order valence-electron chi connectivity index (χ4n) is 3.24. The largest absolute Gasteiger partial charge is 0.481 e. The summed E-state index contributed by atoms with van der Waals surface area (Å²) in [6.07, 6.45) is 2.54. The lowest BCUT2D eigenvalue weighted by Gasteiger charge is -2.34. The molecule has 3 nitrogen and oxygen atoms in total. The Hall–Kier alpha value is -2.53. The Morgan fingerprint density at radius 2 is 1.77 bits per heavy atom. The van der Waals surface area contributed by atoms with Crippen LogP contribution in [-0.4, -0.2) is 18.4 Å². The third-order valence-electron chi connectivity index (χ3n) is 4.50. The van der Waals surface area contributed by atoms with Crippen LogP contribution in [0.2, 0.25) is 0 Å². The number of carbonyl (C=O) groups is 1. The molecular weight excluding hydrogens is 397 g/mol. The van der Waals surface area contributed by atoms with Crippen molar-refractivity contribution in [2.24, 2.45) is 0 Å². The second-order valence-electron chi connectivity index (χ2n) is 5.85. The van der Waals surface area contributed by atoms with Crippen LogP contribution in [0, 0.1) is 5.82 Å². The van der Waals surface area contributed by atoms with Crippen molar-refractivity contribution in [1.29, 1.82) is 0 Å². The van der Waals surface area contributed by atoms with Crippen molar-refractivity contribution in [2.45, 2.75) is 11.8 Å². The molecule has 1 heterocycles. The summed E-state index contributed by atoms with van der Waals surface area (Å²) in [7, 11) is 1.53. The number of hydrogen-bond donors (Lipinski definition) is 0. The molecule has 2 aromatic carbocycles. The highest BCUT2D eigenvalue weighted by atomic mass is 79.9. The molecule has 1 aromatic heterocycles. The van der Waals surface area contributed by atoms with Gasteiger partial charge in [0.25, 0.3) is 0 Å². The Morgan fingerprint density at radius 1 is 1.08 bits per heavy atom. The van der Waals surface area contributed by atoms with Gasteiger partial charge < -0.3 is 9.53 Å². The molecule has 0 aliphatic carbocycles. The Balaban J connectivity index is 2.32. The second kappa shape index (κ2) is 7.79. The van der Waals surface area contributed by atoms with Gasteiger partial charge in [0, 0.05) is 28.7 Å². The van der Waals surface area contributed by atoms with Crippen LogP contribution in [0.25, 0.3) is 0 Å². The van der Waals surface area contributed by atoms with Crippen molar-refractivity contribution in [3.8, 4) is 5.88 Å². The summed E-state index contributed by atoms with van der Waals surface area (Å²) in [4.78, 5) is 15.9. The molecule has 0 saturated heterocycles. The summed E-state index contributed by atoms with van der Waals surface area (Å²) in [5.41, 5.74) is 0.983. The van der Waals surface area contributed by atoms with Crippen LogP contribution < -0.4 is 4.74 Å². The fraction of sp³-hybridized carbons (Fsp3) is 0.143. The minimum Gasteiger partial charge on any atom is -0.481 e. The number of benzene rings is 2. The zero-order valence-corrected chi connectivity index (χ0v) is 15.7. The van der Waals surface area contributed by atoms with Gasteiger partial charge in [0.2, 0.25) is 5.88 Å². The lowest BCUT2D eigenvalue weighted by atomic mass is 9.68. The molecule has 26 heavy (non-hydrogen) atoms. The van der Waals surface area contributed by atoms with E-state index in [1.54, 1.807) is 30.5 Å². The van der Waals surface area contributed by atoms with Gasteiger partial charge in [0.1, 0.15) is 12.1 Å². The lowest BCUT2D eigenvalue weighted by Crippen LogP contribution is -2.31. The van der Waals surface area contributed by atoms with Crippen LogP contribution in [0.15, 0.2) is 71.3 Å². The summed E-state index contributed by atoms with van der Waals surface area (Å²) in [5, 5.41) is 0. The number of nitrogens with zero attached hydrogens (tertiary/aromatic N) is 1. The number of ether oxygens (including phenoxy) is 1. The molecular formula is C21H17BrFNO2. The predicted octanol–water partition coefficient (Wildman–Crippen LogP) is 4.92. The van der Waals surface area contributed by atoms with Gasteiger partial charge in [0.15, 0.2) is 0 Å². The maximum atomic E-state index is 14.8. The molecule has 0 fully saturated rings. The van der Waals surface area contributed by atoms with E-state index in [1.165, 1.54) is 13.2 Å². The molecule has 0 N–H and O–H groups in total. The number of methoxy groups -OCH3 is 1. The van der Waals surface area contributed by atoms with Crippen molar-refractivity contribution < 1.29 is 13.9 Å². The number of pyridine rings is 1. The van der Waals surface area contributed by atoms with Crippen LogP contribution in [-0.2, 0) is 10.2 Å². The summed E-state index contributed by atoms with van der Waals surface area (Å²) in [6, 6.07) is 17.6. The van der Waals surface area contributed by atoms with Crippen LogP contribution in [0.4, 0.5) is 4.39 Å². The van der Waals surface area contributed by atoms with E-state index in [2.05, 4.69) is 20.9 Å². The van der Waals surface area contributed by atoms with Crippen molar-refractivity contribution >= 4 is 22.2 Å². The van der Waals surface area contributed by atoms with Crippen molar-refractivity contribution in [3.63, 3.8) is 0 Å². The maximum Gasteiger partial charge on any atom is 0.212 e. The van der Waals surface area contributed by atoms with Gasteiger partial charge in [0.05, 0.1) is 12.5 Å². The summed E-state index contributed by atoms with van der Waals surface area (Å²) in [6.45, 7) is 0. The average Bonchev–Trinajstić information content (AvgIpc) is 2.68. The van der Waals surface area contributed by atoms with Gasteiger partial charge in [-0.05, 0) is 29.3 Å². The average molecular weight is 414 g/mol. The molecule has 1 unspecified atom stereocenters. The van der Waals surface area contributed by atoms with E-state index in [0.717, 1.165) is 21.9 Å². The minimum absolute atomic E-state index is 0.0869. The van der Waals surface area contributed by atoms with E-state index >= 15 is 0 Å². The summed E-state index contributed by atoms with van der Waals surface area (Å²) in [5.74, 6) is 0.0891. The van der Waals surface area contributed by atoms with Crippen molar-refractivity contribution in [3.05, 3.63) is 93.8 Å². The zero-order chi connectivity index (χ0) is 18.6. The third-order valence-corrected chi connectivity index (χ3v) is 5.03. The number of halogens is 2. The highest BCUT2D eigenvalue weighted by Crippen LogP contribution is 2.43. The molecule has 0 amide bonds. The van der Waals surface area contributed by atoms with E-state index in [4.69, 9.17) is 4.74 Å². The lowest BCUT2D eigenvalue weighted by molar-refractivity contribution is -0.108. The molecule has 1 atom stereocenters. The van der Waals surface area contributed by atoms with E-state index in [1.807, 2.05) is 30.3 Å². The van der Waals surface area contributed by atoms with Gasteiger partial charge in [-0.1, -0.05) is 52.3 Å². The molecule has 132 valence electrons. The van der Waals surface area contributed by atoms with E-state index in [-0.39, 0.29) is 12.2 Å². The molecule has 0 saturated carbocycles. The smallest absolute Gasteiger partial charge is 0.212 e. The number of aromatic nitrogens is 1. The number of carbonyl (C=O) groups excluding carboxylic acids is 1. The summed E-state index contributed by atoms with van der Waals surface area (Å²) >= 11 is 3.42. The third kappa shape index (κ3) is 3.27. The second-order valence-corrected chi connectivity index (χ2v) is 6.77. The first-order valence-corrected chi connectivity index (χ1v) is 8.86. The quantitative estimate of drug-likeness (QED) is 0.538. The standard InChI is InChI=1S/C21H17BrFNO2/c1-26-20-11-8-16(14-24-20)21(12-13-25,15-6-9-17(22)10-7-15)18-4-2-3-5-19(18)23/h2-11,13-14H,12H2,1H3. The van der Waals surface area contributed by atoms with Crippen LogP contribution >= 0.6 is 15.9 Å². The van der Waals surface area contributed by atoms with Crippen molar-refractivity contribution in [1.82, 2.24) is 4.98 Å². The highest BCUT2D eigenvalue weighted by molar-refractivity contribution is 9.10. The molecule has 0 aliphatic heterocycles. The molecule has 3 aromatic rings. The van der Waals surface area contributed by atoms with E-state index < -0.39 is 5.41 Å². The van der Waals surface area contributed by atoms with Crippen molar-refractivity contribution in [2.75, 3.05) is 7.11 Å². The summed E-state index contributed by atoms with van der Waals surface area (Å²) < 4.78 is 20.9. The Kier molecular flexibility index (Phi) is 5.47. The van der Waals surface area contributed by atoms with Crippen LogP contribution in [0.3, 0.4) is 0 Å². The molecule has 0 radical (unpaired) electrons. The van der Waals surface area contributed by atoms with Crippen LogP contribution in [0.1, 0.15) is 23.1 Å². The van der Waals surface area contributed by atoms with E-state index in [0.29, 0.717) is 11.4 Å². The van der Waals surface area contributed by atoms with Gasteiger partial charge >= 0.3 is 0 Å². The predicted molar refractivity (Wildman–Crippen MR) is 102 cm³/mol. The first kappa shape index (κ1) is 18.3. The Labute approximate surface area is 160 Å². The van der Waals surface area contributed by atoms with Gasteiger partial charge in [-0.2, -0.15) is 0 Å². The number of rotatable bonds is 6. The van der Waals surface area contributed by atoms with Gasteiger partial charge in [-0.3, -0.25) is 0 Å². The molecule has 3 rings (SSSR count). The molecule has 0 spiro atoms. The Morgan fingerprint density at radius 3 is 2.35 bits per heavy atom. The van der Waals surface area contributed by atoms with E-state index in [9.17, 15) is 9.18 Å². The normalized spacial score (nSPS) is 13.0. The Bertz CT molecular complexity index is 897. The number of hydrogen-bond acceptors (Lipinski definition) is 3. The van der Waals surface area contributed by atoms with Gasteiger partial charge in [-0.25, -0.2) is 9.37 Å². The fourth-order valence-corrected chi connectivity index (χ4v) is 3.51. The zero-order valence-electron chi connectivity index (χ0n) is 14.2. The number of aldehydes is 1.